The highest BCUT2D eigenvalue weighted by Crippen LogP contribution is 2.46. The van der Waals surface area contributed by atoms with Gasteiger partial charge in [0.2, 0.25) is 0 Å². The van der Waals surface area contributed by atoms with Crippen molar-refractivity contribution >= 4 is 5.69 Å². The Morgan fingerprint density at radius 3 is 2.77 bits per heavy atom. The summed E-state index contributed by atoms with van der Waals surface area (Å²) in [5.41, 5.74) is 0.720. The Morgan fingerprint density at radius 1 is 1.32 bits per heavy atom. The van der Waals surface area contributed by atoms with Gasteiger partial charge in [0.15, 0.2) is 0 Å². The molecule has 2 aliphatic rings. The molecule has 0 amide bonds. The van der Waals surface area contributed by atoms with Crippen molar-refractivity contribution in [1.82, 2.24) is 0 Å². The van der Waals surface area contributed by atoms with Crippen molar-refractivity contribution in [3.8, 4) is 0 Å². The first-order valence-electron chi connectivity index (χ1n) is 7.52. The predicted octanol–water partition coefficient (Wildman–Crippen LogP) is 4.00. The molecule has 1 fully saturated rings. The second kappa shape index (κ2) is 5.74. The number of halogens is 3. The van der Waals surface area contributed by atoms with Crippen LogP contribution in [0.2, 0.25) is 0 Å². The molecule has 0 radical (unpaired) electrons. The van der Waals surface area contributed by atoms with Gasteiger partial charge in [0.25, 0.3) is 0 Å². The lowest BCUT2D eigenvalue weighted by Gasteiger charge is -2.44. The number of methoxy groups -OCH3 is 1. The van der Waals surface area contributed by atoms with Gasteiger partial charge in [-0.3, -0.25) is 0 Å². The largest absolute Gasteiger partial charge is 0.416 e. The number of nitrogens with one attached hydrogen (secondary N) is 1. The van der Waals surface area contributed by atoms with E-state index in [-0.39, 0.29) is 24.2 Å². The summed E-state index contributed by atoms with van der Waals surface area (Å²) in [6.45, 7) is 2.53. The highest BCUT2D eigenvalue weighted by molar-refractivity contribution is 5.57. The standard InChI is InChI=1S/C16H20F3NO2/c1-9-12-5-4-11(8-21-2)22-15(12)13-7-10(16(17,18)19)3-6-14(13)20-9/h3,6-7,9,11-12,15,20H,4-5,8H2,1-2H3/t9-,11+,12-,15-/m0/s1. The minimum absolute atomic E-state index is 0.0565. The van der Waals surface area contributed by atoms with Crippen LogP contribution < -0.4 is 5.32 Å². The van der Waals surface area contributed by atoms with E-state index in [0.717, 1.165) is 24.6 Å². The molecule has 3 rings (SSSR count). The zero-order chi connectivity index (χ0) is 15.9. The van der Waals surface area contributed by atoms with Crippen molar-refractivity contribution < 1.29 is 22.6 Å². The molecule has 3 nitrogen and oxygen atoms in total. The molecule has 1 aromatic carbocycles. The fraction of sp³-hybridized carbons (Fsp3) is 0.625. The minimum atomic E-state index is -4.34. The van der Waals surface area contributed by atoms with Crippen molar-refractivity contribution in [3.05, 3.63) is 29.3 Å². The lowest BCUT2D eigenvalue weighted by molar-refractivity contribution is -0.138. The predicted molar refractivity (Wildman–Crippen MR) is 76.7 cm³/mol. The Hall–Kier alpha value is -1.27. The van der Waals surface area contributed by atoms with Gasteiger partial charge in [-0.25, -0.2) is 0 Å². The number of benzene rings is 1. The molecule has 1 N–H and O–H groups in total. The summed E-state index contributed by atoms with van der Waals surface area (Å²) in [5, 5.41) is 3.31. The first-order chi connectivity index (χ1) is 10.4. The molecule has 0 saturated carbocycles. The Bertz CT molecular complexity index is 547. The van der Waals surface area contributed by atoms with Crippen molar-refractivity contribution in [3.63, 3.8) is 0 Å². The Morgan fingerprint density at radius 2 is 2.09 bits per heavy atom. The number of rotatable bonds is 2. The summed E-state index contributed by atoms with van der Waals surface area (Å²) in [6, 6.07) is 4.03. The minimum Gasteiger partial charge on any atom is -0.382 e. The third-order valence-electron chi connectivity index (χ3n) is 4.61. The number of alkyl halides is 3. The van der Waals surface area contributed by atoms with Gasteiger partial charge in [-0.1, -0.05) is 0 Å². The van der Waals surface area contributed by atoms with Crippen LogP contribution >= 0.6 is 0 Å². The second-order valence-electron chi connectivity index (χ2n) is 6.11. The van der Waals surface area contributed by atoms with Crippen LogP contribution in [-0.4, -0.2) is 25.9 Å². The molecular weight excluding hydrogens is 295 g/mol. The van der Waals surface area contributed by atoms with Gasteiger partial charge in [0, 0.05) is 30.3 Å². The van der Waals surface area contributed by atoms with Crippen LogP contribution in [0.3, 0.4) is 0 Å². The molecule has 2 aliphatic heterocycles. The van der Waals surface area contributed by atoms with Crippen LogP contribution in [0.1, 0.15) is 37.0 Å². The van der Waals surface area contributed by atoms with Crippen LogP contribution in [0.4, 0.5) is 18.9 Å². The summed E-state index contributed by atoms with van der Waals surface area (Å²) in [7, 11) is 1.61. The zero-order valence-electron chi connectivity index (χ0n) is 12.6. The summed E-state index contributed by atoms with van der Waals surface area (Å²) in [5.74, 6) is 0.184. The first-order valence-corrected chi connectivity index (χ1v) is 7.52. The van der Waals surface area contributed by atoms with E-state index in [1.165, 1.54) is 12.1 Å². The van der Waals surface area contributed by atoms with E-state index in [1.54, 1.807) is 7.11 Å². The molecule has 122 valence electrons. The quantitative estimate of drug-likeness (QED) is 0.895. The Balaban J connectivity index is 1.95. The molecule has 6 heteroatoms. The van der Waals surface area contributed by atoms with E-state index in [0.29, 0.717) is 12.2 Å². The van der Waals surface area contributed by atoms with Gasteiger partial charge in [0.05, 0.1) is 24.4 Å². The molecule has 0 aliphatic carbocycles. The smallest absolute Gasteiger partial charge is 0.382 e. The average molecular weight is 315 g/mol. The van der Waals surface area contributed by atoms with Gasteiger partial charge in [-0.15, -0.1) is 0 Å². The Labute approximate surface area is 127 Å². The van der Waals surface area contributed by atoms with Gasteiger partial charge < -0.3 is 14.8 Å². The monoisotopic (exact) mass is 315 g/mol. The van der Waals surface area contributed by atoms with Crippen molar-refractivity contribution in [1.29, 1.82) is 0 Å². The van der Waals surface area contributed by atoms with Crippen molar-refractivity contribution in [2.45, 2.75) is 44.2 Å². The lowest BCUT2D eigenvalue weighted by atomic mass is 9.79. The summed E-state index contributed by atoms with van der Waals surface area (Å²) >= 11 is 0. The van der Waals surface area contributed by atoms with Crippen LogP contribution in [0, 0.1) is 5.92 Å². The maximum atomic E-state index is 13.0. The lowest BCUT2D eigenvalue weighted by Crippen LogP contribution is -2.43. The first kappa shape index (κ1) is 15.6. The average Bonchev–Trinajstić information content (AvgIpc) is 2.46. The van der Waals surface area contributed by atoms with Gasteiger partial charge in [0.1, 0.15) is 0 Å². The van der Waals surface area contributed by atoms with E-state index >= 15 is 0 Å². The van der Waals surface area contributed by atoms with E-state index in [9.17, 15) is 13.2 Å². The van der Waals surface area contributed by atoms with Crippen molar-refractivity contribution in [2.75, 3.05) is 19.0 Å². The molecule has 0 spiro atoms. The van der Waals surface area contributed by atoms with E-state index in [1.807, 2.05) is 0 Å². The molecular formula is C16H20F3NO2. The third-order valence-corrected chi connectivity index (χ3v) is 4.61. The Kier molecular flexibility index (Phi) is 4.07. The van der Waals surface area contributed by atoms with E-state index in [4.69, 9.17) is 9.47 Å². The number of ether oxygens (including phenoxy) is 2. The summed E-state index contributed by atoms with van der Waals surface area (Å²) in [6.07, 6.45) is -2.91. The van der Waals surface area contributed by atoms with Crippen LogP contribution in [0.25, 0.3) is 0 Å². The van der Waals surface area contributed by atoms with Gasteiger partial charge >= 0.3 is 6.18 Å². The normalized spacial score (nSPS) is 31.1. The van der Waals surface area contributed by atoms with E-state index < -0.39 is 11.7 Å². The molecule has 0 unspecified atom stereocenters. The number of hydrogen-bond acceptors (Lipinski definition) is 3. The highest BCUT2D eigenvalue weighted by Gasteiger charge is 2.41. The third kappa shape index (κ3) is 2.82. The van der Waals surface area contributed by atoms with Crippen LogP contribution in [0.15, 0.2) is 18.2 Å². The molecule has 0 aromatic heterocycles. The molecule has 0 bridgehead atoms. The number of anilines is 1. The van der Waals surface area contributed by atoms with Gasteiger partial charge in [-0.2, -0.15) is 13.2 Å². The fourth-order valence-electron chi connectivity index (χ4n) is 3.49. The SMILES string of the molecule is COC[C@H]1CC[C@H]2[C@H](C)Nc3ccc(C(F)(F)F)cc3[C@H]2O1. The maximum absolute atomic E-state index is 13.0. The molecule has 2 heterocycles. The van der Waals surface area contributed by atoms with Gasteiger partial charge in [-0.05, 0) is 38.0 Å². The summed E-state index contributed by atoms with van der Waals surface area (Å²) in [4.78, 5) is 0. The highest BCUT2D eigenvalue weighted by atomic mass is 19.4. The van der Waals surface area contributed by atoms with Crippen molar-refractivity contribution in [2.24, 2.45) is 5.92 Å². The number of hydrogen-bond donors (Lipinski definition) is 1. The van der Waals surface area contributed by atoms with Crippen LogP contribution in [0.5, 0.6) is 0 Å². The summed E-state index contributed by atoms with van der Waals surface area (Å²) < 4.78 is 50.1. The van der Waals surface area contributed by atoms with E-state index in [2.05, 4.69) is 12.2 Å². The molecule has 1 aromatic rings. The second-order valence-corrected chi connectivity index (χ2v) is 6.11. The fourth-order valence-corrected chi connectivity index (χ4v) is 3.49. The zero-order valence-corrected chi connectivity index (χ0v) is 12.6. The topological polar surface area (TPSA) is 30.5 Å². The van der Waals surface area contributed by atoms with Crippen LogP contribution in [-0.2, 0) is 15.7 Å². The maximum Gasteiger partial charge on any atom is 0.416 e. The molecule has 4 atom stereocenters. The number of fused-ring (bicyclic) bond motifs is 3. The molecule has 1 saturated heterocycles. The molecule has 22 heavy (non-hydrogen) atoms.